The average Bonchev–Trinajstić information content (AvgIpc) is 2.43. The van der Waals surface area contributed by atoms with E-state index in [0.717, 1.165) is 32.2 Å². The zero-order chi connectivity index (χ0) is 12.7. The van der Waals surface area contributed by atoms with Crippen LogP contribution in [-0.4, -0.2) is 36.5 Å². The summed E-state index contributed by atoms with van der Waals surface area (Å²) in [5.74, 6) is 0.525. The number of carbonyl (C=O) groups is 2. The monoisotopic (exact) mass is 241 g/mol. The summed E-state index contributed by atoms with van der Waals surface area (Å²) >= 11 is 0. The Bertz CT molecular complexity index is 265. The van der Waals surface area contributed by atoms with Crippen molar-refractivity contribution in [2.75, 3.05) is 19.9 Å². The molecular weight excluding hydrogens is 218 g/mol. The van der Waals surface area contributed by atoms with Gasteiger partial charge in [0, 0.05) is 25.5 Å². The number of Topliss-reactive ketones (excluding diaryl/α,β-unsaturated/α-hetero) is 1. The molecule has 1 heterocycles. The predicted octanol–water partition coefficient (Wildman–Crippen LogP) is 1.98. The molecule has 98 valence electrons. The normalized spacial score (nSPS) is 21.4. The molecular formula is C13H23NO3. The van der Waals surface area contributed by atoms with Crippen molar-refractivity contribution in [3.63, 3.8) is 0 Å². The number of hydrogen-bond donors (Lipinski definition) is 0. The van der Waals surface area contributed by atoms with Gasteiger partial charge in [-0.05, 0) is 26.2 Å². The summed E-state index contributed by atoms with van der Waals surface area (Å²) in [7, 11) is 0. The second-order valence-electron chi connectivity index (χ2n) is 4.84. The lowest BCUT2D eigenvalue weighted by molar-refractivity contribution is -0.137. The Balaban J connectivity index is 2.20. The Labute approximate surface area is 103 Å². The van der Waals surface area contributed by atoms with E-state index in [-0.39, 0.29) is 17.6 Å². The van der Waals surface area contributed by atoms with Gasteiger partial charge in [0.05, 0.1) is 0 Å². The van der Waals surface area contributed by atoms with Crippen molar-refractivity contribution in [3.8, 4) is 0 Å². The van der Waals surface area contributed by atoms with Crippen LogP contribution in [-0.2, 0) is 14.3 Å². The third-order valence-corrected chi connectivity index (χ3v) is 3.13. The van der Waals surface area contributed by atoms with Crippen LogP contribution in [0.5, 0.6) is 0 Å². The molecule has 0 saturated carbocycles. The molecule has 1 unspecified atom stereocenters. The molecule has 0 aromatic rings. The van der Waals surface area contributed by atoms with Crippen molar-refractivity contribution in [1.29, 1.82) is 0 Å². The van der Waals surface area contributed by atoms with E-state index in [4.69, 9.17) is 4.74 Å². The van der Waals surface area contributed by atoms with Gasteiger partial charge in [0.1, 0.15) is 12.5 Å². The smallest absolute Gasteiger partial charge is 0.227 e. The topological polar surface area (TPSA) is 46.6 Å². The van der Waals surface area contributed by atoms with Gasteiger partial charge in [-0.15, -0.1) is 0 Å². The van der Waals surface area contributed by atoms with Crippen molar-refractivity contribution >= 4 is 11.7 Å². The van der Waals surface area contributed by atoms with Crippen molar-refractivity contribution in [2.45, 2.75) is 46.0 Å². The fraction of sp³-hybridized carbons (Fsp3) is 0.846. The van der Waals surface area contributed by atoms with E-state index in [9.17, 15) is 9.59 Å². The molecule has 0 bridgehead atoms. The molecule has 0 spiro atoms. The molecule has 1 rings (SSSR count). The van der Waals surface area contributed by atoms with Gasteiger partial charge in [-0.2, -0.15) is 0 Å². The molecule has 4 nitrogen and oxygen atoms in total. The number of rotatable bonds is 6. The first-order chi connectivity index (χ1) is 8.11. The summed E-state index contributed by atoms with van der Waals surface area (Å²) in [6.07, 6.45) is 4.35. The number of hydrogen-bond acceptors (Lipinski definition) is 3. The van der Waals surface area contributed by atoms with E-state index < -0.39 is 0 Å². The number of carbonyl (C=O) groups excluding carboxylic acids is 2. The lowest BCUT2D eigenvalue weighted by atomic mass is 10.1. The molecule has 1 saturated heterocycles. The van der Waals surface area contributed by atoms with Crippen LogP contribution >= 0.6 is 0 Å². The number of ether oxygens (including phenoxy) is 1. The predicted molar refractivity (Wildman–Crippen MR) is 65.5 cm³/mol. The molecule has 17 heavy (non-hydrogen) atoms. The average molecular weight is 241 g/mol. The number of nitrogens with zero attached hydrogens (tertiary/aromatic N) is 1. The van der Waals surface area contributed by atoms with Gasteiger partial charge in [-0.3, -0.25) is 4.79 Å². The summed E-state index contributed by atoms with van der Waals surface area (Å²) in [5, 5.41) is 0. The van der Waals surface area contributed by atoms with Crippen LogP contribution in [0.3, 0.4) is 0 Å². The Morgan fingerprint density at radius 2 is 2.18 bits per heavy atom. The maximum Gasteiger partial charge on any atom is 0.227 e. The second kappa shape index (κ2) is 7.43. The molecule has 1 aliphatic rings. The third kappa shape index (κ3) is 5.31. The SMILES string of the molecule is CC(=O)CCCCCN1COCCC(C)C1=O. The van der Waals surface area contributed by atoms with Gasteiger partial charge in [0.15, 0.2) is 0 Å². The standard InChI is InChI=1S/C13H23NO3/c1-11-7-9-17-10-14(13(11)16)8-5-3-4-6-12(2)15/h11H,3-10H2,1-2H3. The Morgan fingerprint density at radius 3 is 2.88 bits per heavy atom. The largest absolute Gasteiger partial charge is 0.361 e. The highest BCUT2D eigenvalue weighted by Gasteiger charge is 2.22. The Hall–Kier alpha value is -0.900. The zero-order valence-corrected chi connectivity index (χ0v) is 10.9. The quantitative estimate of drug-likeness (QED) is 0.668. The van der Waals surface area contributed by atoms with E-state index in [0.29, 0.717) is 19.8 Å². The fourth-order valence-electron chi connectivity index (χ4n) is 1.96. The molecule has 0 radical (unpaired) electrons. The minimum atomic E-state index is 0.0784. The number of unbranched alkanes of at least 4 members (excludes halogenated alkanes) is 2. The minimum absolute atomic E-state index is 0.0784. The van der Waals surface area contributed by atoms with Crippen LogP contribution in [0.25, 0.3) is 0 Å². The fourth-order valence-corrected chi connectivity index (χ4v) is 1.96. The van der Waals surface area contributed by atoms with Gasteiger partial charge in [-0.1, -0.05) is 13.3 Å². The van der Waals surface area contributed by atoms with E-state index in [2.05, 4.69) is 0 Å². The molecule has 1 atom stereocenters. The summed E-state index contributed by atoms with van der Waals surface area (Å²) in [5.41, 5.74) is 0. The molecule has 1 aliphatic heterocycles. The first-order valence-corrected chi connectivity index (χ1v) is 6.47. The molecule has 1 fully saturated rings. The van der Waals surface area contributed by atoms with Crippen molar-refractivity contribution < 1.29 is 14.3 Å². The molecule has 0 aromatic carbocycles. The maximum absolute atomic E-state index is 11.9. The van der Waals surface area contributed by atoms with E-state index >= 15 is 0 Å². The van der Waals surface area contributed by atoms with E-state index in [1.165, 1.54) is 0 Å². The molecule has 0 aliphatic carbocycles. The Kier molecular flexibility index (Phi) is 6.19. The van der Waals surface area contributed by atoms with Crippen molar-refractivity contribution in [3.05, 3.63) is 0 Å². The highest BCUT2D eigenvalue weighted by Crippen LogP contribution is 2.13. The summed E-state index contributed by atoms with van der Waals surface area (Å²) < 4.78 is 5.39. The molecule has 0 N–H and O–H groups in total. The van der Waals surface area contributed by atoms with Gasteiger partial charge in [0.2, 0.25) is 5.91 Å². The van der Waals surface area contributed by atoms with E-state index in [1.807, 2.05) is 6.92 Å². The zero-order valence-electron chi connectivity index (χ0n) is 10.9. The Morgan fingerprint density at radius 1 is 1.41 bits per heavy atom. The summed E-state index contributed by atoms with van der Waals surface area (Å²) in [4.78, 5) is 24.5. The van der Waals surface area contributed by atoms with Gasteiger partial charge in [-0.25, -0.2) is 0 Å². The van der Waals surface area contributed by atoms with Gasteiger partial charge in [0.25, 0.3) is 0 Å². The first kappa shape index (κ1) is 14.2. The minimum Gasteiger partial charge on any atom is -0.361 e. The van der Waals surface area contributed by atoms with Crippen molar-refractivity contribution in [2.24, 2.45) is 5.92 Å². The maximum atomic E-state index is 11.9. The highest BCUT2D eigenvalue weighted by atomic mass is 16.5. The lowest BCUT2D eigenvalue weighted by Crippen LogP contribution is -2.35. The molecule has 4 heteroatoms. The number of ketones is 1. The van der Waals surface area contributed by atoms with Crippen LogP contribution in [0.2, 0.25) is 0 Å². The highest BCUT2D eigenvalue weighted by molar-refractivity contribution is 5.78. The number of amides is 1. The lowest BCUT2D eigenvalue weighted by Gasteiger charge is -2.21. The van der Waals surface area contributed by atoms with Gasteiger partial charge >= 0.3 is 0 Å². The van der Waals surface area contributed by atoms with Crippen LogP contribution in [0.15, 0.2) is 0 Å². The van der Waals surface area contributed by atoms with Crippen molar-refractivity contribution in [1.82, 2.24) is 4.90 Å². The van der Waals surface area contributed by atoms with Crippen LogP contribution < -0.4 is 0 Å². The summed E-state index contributed by atoms with van der Waals surface area (Å²) in [6.45, 7) is 5.43. The molecule has 1 amide bonds. The van der Waals surface area contributed by atoms with Crippen LogP contribution in [0, 0.1) is 5.92 Å². The first-order valence-electron chi connectivity index (χ1n) is 6.47. The van der Waals surface area contributed by atoms with Crippen LogP contribution in [0.1, 0.15) is 46.0 Å². The van der Waals surface area contributed by atoms with Gasteiger partial charge < -0.3 is 14.4 Å². The molecule has 0 aromatic heterocycles. The third-order valence-electron chi connectivity index (χ3n) is 3.13. The van der Waals surface area contributed by atoms with Crippen LogP contribution in [0.4, 0.5) is 0 Å². The second-order valence-corrected chi connectivity index (χ2v) is 4.84. The summed E-state index contributed by atoms with van der Waals surface area (Å²) in [6, 6.07) is 0. The van der Waals surface area contributed by atoms with E-state index in [1.54, 1.807) is 11.8 Å².